The third-order valence-electron chi connectivity index (χ3n) is 3.08. The number of carbonyl (C=O) groups excluding carboxylic acids is 1. The zero-order valence-electron chi connectivity index (χ0n) is 10.9. The Balaban J connectivity index is 2.83. The predicted octanol–water partition coefficient (Wildman–Crippen LogP) is 2.22. The van der Waals surface area contributed by atoms with Crippen LogP contribution in [0.15, 0.2) is 30.3 Å². The van der Waals surface area contributed by atoms with Crippen LogP contribution < -0.4 is 5.32 Å². The first-order chi connectivity index (χ1) is 8.43. The third-order valence-corrected chi connectivity index (χ3v) is 3.08. The highest BCUT2D eigenvalue weighted by Crippen LogP contribution is 2.16. The standard InChI is InChI=1S/C14H19NO3/c1-9(2)10(3)13(16)15-12(14(17)18)11-7-5-4-6-8-11/h4-10,12H,1-3H3,(H,15,16)(H,17,18)/t10?,12-/m1/s1. The Bertz CT molecular complexity index is 414. The van der Waals surface area contributed by atoms with Crippen LogP contribution in [-0.2, 0) is 9.59 Å². The van der Waals surface area contributed by atoms with Crippen molar-refractivity contribution in [2.75, 3.05) is 0 Å². The van der Waals surface area contributed by atoms with Crippen molar-refractivity contribution < 1.29 is 14.7 Å². The summed E-state index contributed by atoms with van der Waals surface area (Å²) in [4.78, 5) is 23.1. The first kappa shape index (κ1) is 14.2. The summed E-state index contributed by atoms with van der Waals surface area (Å²) in [5, 5.41) is 11.8. The summed E-state index contributed by atoms with van der Waals surface area (Å²) in [6, 6.07) is 7.71. The lowest BCUT2D eigenvalue weighted by Crippen LogP contribution is -2.38. The lowest BCUT2D eigenvalue weighted by Gasteiger charge is -2.20. The van der Waals surface area contributed by atoms with Crippen molar-refractivity contribution in [2.45, 2.75) is 26.8 Å². The molecule has 2 N–H and O–H groups in total. The van der Waals surface area contributed by atoms with Gasteiger partial charge in [0.1, 0.15) is 0 Å². The quantitative estimate of drug-likeness (QED) is 0.840. The van der Waals surface area contributed by atoms with Gasteiger partial charge in [-0.05, 0) is 11.5 Å². The molecule has 0 saturated heterocycles. The normalized spacial score (nSPS) is 14.0. The fourth-order valence-electron chi connectivity index (χ4n) is 1.51. The molecule has 98 valence electrons. The van der Waals surface area contributed by atoms with E-state index in [0.717, 1.165) is 0 Å². The molecule has 0 saturated carbocycles. The van der Waals surface area contributed by atoms with Crippen molar-refractivity contribution in [2.24, 2.45) is 11.8 Å². The van der Waals surface area contributed by atoms with E-state index in [-0.39, 0.29) is 17.7 Å². The molecule has 1 aromatic carbocycles. The molecule has 1 aromatic rings. The van der Waals surface area contributed by atoms with Gasteiger partial charge in [0, 0.05) is 5.92 Å². The van der Waals surface area contributed by atoms with Crippen LogP contribution in [0.2, 0.25) is 0 Å². The molecule has 0 bridgehead atoms. The molecule has 0 aliphatic rings. The van der Waals surface area contributed by atoms with Crippen LogP contribution in [0.25, 0.3) is 0 Å². The summed E-state index contributed by atoms with van der Waals surface area (Å²) in [6.45, 7) is 5.66. The van der Waals surface area contributed by atoms with Gasteiger partial charge >= 0.3 is 5.97 Å². The van der Waals surface area contributed by atoms with E-state index in [1.54, 1.807) is 37.3 Å². The number of carbonyl (C=O) groups is 2. The van der Waals surface area contributed by atoms with Crippen LogP contribution in [0.1, 0.15) is 32.4 Å². The Morgan fingerprint density at radius 3 is 2.11 bits per heavy atom. The van der Waals surface area contributed by atoms with Crippen molar-refractivity contribution in [1.29, 1.82) is 0 Å². The average Bonchev–Trinajstić information content (AvgIpc) is 2.35. The van der Waals surface area contributed by atoms with Gasteiger partial charge in [0.15, 0.2) is 6.04 Å². The maximum atomic E-state index is 11.9. The summed E-state index contributed by atoms with van der Waals surface area (Å²) < 4.78 is 0. The number of carboxylic acids is 1. The maximum absolute atomic E-state index is 11.9. The summed E-state index contributed by atoms with van der Waals surface area (Å²) in [5.74, 6) is -1.32. The number of amides is 1. The Morgan fingerprint density at radius 2 is 1.67 bits per heavy atom. The maximum Gasteiger partial charge on any atom is 0.330 e. The minimum atomic E-state index is -1.05. The summed E-state index contributed by atoms with van der Waals surface area (Å²) in [6.07, 6.45) is 0. The number of hydrogen-bond acceptors (Lipinski definition) is 2. The monoisotopic (exact) mass is 249 g/mol. The number of rotatable bonds is 5. The fourth-order valence-corrected chi connectivity index (χ4v) is 1.51. The van der Waals surface area contributed by atoms with Crippen LogP contribution in [0.5, 0.6) is 0 Å². The van der Waals surface area contributed by atoms with E-state index in [1.165, 1.54) is 0 Å². The molecule has 0 spiro atoms. The van der Waals surface area contributed by atoms with Gasteiger partial charge in [-0.25, -0.2) is 4.79 Å². The van der Waals surface area contributed by atoms with Crippen molar-refractivity contribution in [3.8, 4) is 0 Å². The highest BCUT2D eigenvalue weighted by atomic mass is 16.4. The summed E-state index contributed by atoms with van der Waals surface area (Å²) >= 11 is 0. The number of aliphatic carboxylic acids is 1. The first-order valence-corrected chi connectivity index (χ1v) is 6.01. The van der Waals surface area contributed by atoms with Crippen LogP contribution >= 0.6 is 0 Å². The number of nitrogens with one attached hydrogen (secondary N) is 1. The van der Waals surface area contributed by atoms with Gasteiger partial charge < -0.3 is 10.4 Å². The van der Waals surface area contributed by atoms with Crippen LogP contribution in [0, 0.1) is 11.8 Å². The van der Waals surface area contributed by atoms with Gasteiger partial charge in [-0.2, -0.15) is 0 Å². The van der Waals surface area contributed by atoms with E-state index in [0.29, 0.717) is 5.56 Å². The van der Waals surface area contributed by atoms with E-state index in [9.17, 15) is 14.7 Å². The molecular weight excluding hydrogens is 230 g/mol. The van der Waals surface area contributed by atoms with Crippen molar-refractivity contribution in [3.63, 3.8) is 0 Å². The molecule has 1 rings (SSSR count). The van der Waals surface area contributed by atoms with Gasteiger partial charge in [-0.1, -0.05) is 51.1 Å². The average molecular weight is 249 g/mol. The second-order valence-electron chi connectivity index (χ2n) is 4.72. The second kappa shape index (κ2) is 6.19. The lowest BCUT2D eigenvalue weighted by atomic mass is 9.96. The molecule has 1 unspecified atom stereocenters. The van der Waals surface area contributed by atoms with E-state index in [2.05, 4.69) is 5.32 Å². The number of hydrogen-bond donors (Lipinski definition) is 2. The highest BCUT2D eigenvalue weighted by Gasteiger charge is 2.25. The second-order valence-corrected chi connectivity index (χ2v) is 4.72. The van der Waals surface area contributed by atoms with Crippen LogP contribution in [-0.4, -0.2) is 17.0 Å². The van der Waals surface area contributed by atoms with Crippen molar-refractivity contribution in [1.82, 2.24) is 5.32 Å². The molecule has 2 atom stereocenters. The van der Waals surface area contributed by atoms with Crippen LogP contribution in [0.3, 0.4) is 0 Å². The zero-order valence-corrected chi connectivity index (χ0v) is 10.9. The van der Waals surface area contributed by atoms with E-state index >= 15 is 0 Å². The molecule has 0 heterocycles. The van der Waals surface area contributed by atoms with Gasteiger partial charge in [0.05, 0.1) is 0 Å². The predicted molar refractivity (Wildman–Crippen MR) is 69.0 cm³/mol. The van der Waals surface area contributed by atoms with Crippen molar-refractivity contribution in [3.05, 3.63) is 35.9 Å². The summed E-state index contributed by atoms with van der Waals surface area (Å²) in [5.41, 5.74) is 0.578. The minimum absolute atomic E-state index is 0.176. The van der Waals surface area contributed by atoms with Crippen LogP contribution in [0.4, 0.5) is 0 Å². The molecule has 18 heavy (non-hydrogen) atoms. The SMILES string of the molecule is CC(C)C(C)C(=O)N[C@@H](C(=O)O)c1ccccc1. The van der Waals surface area contributed by atoms with E-state index in [4.69, 9.17) is 0 Å². The Morgan fingerprint density at radius 1 is 1.11 bits per heavy atom. The molecule has 0 radical (unpaired) electrons. The fraction of sp³-hybridized carbons (Fsp3) is 0.429. The molecule has 4 heteroatoms. The largest absolute Gasteiger partial charge is 0.479 e. The first-order valence-electron chi connectivity index (χ1n) is 6.01. The third kappa shape index (κ3) is 3.58. The molecule has 0 aliphatic carbocycles. The smallest absolute Gasteiger partial charge is 0.330 e. The Labute approximate surface area is 107 Å². The molecule has 4 nitrogen and oxygen atoms in total. The van der Waals surface area contributed by atoms with Crippen molar-refractivity contribution >= 4 is 11.9 Å². The highest BCUT2D eigenvalue weighted by molar-refractivity contribution is 5.85. The van der Waals surface area contributed by atoms with Gasteiger partial charge in [-0.3, -0.25) is 4.79 Å². The summed E-state index contributed by atoms with van der Waals surface area (Å²) in [7, 11) is 0. The minimum Gasteiger partial charge on any atom is -0.479 e. The Kier molecular flexibility index (Phi) is 4.89. The number of benzene rings is 1. The van der Waals surface area contributed by atoms with E-state index < -0.39 is 12.0 Å². The topological polar surface area (TPSA) is 66.4 Å². The van der Waals surface area contributed by atoms with Gasteiger partial charge in [0.25, 0.3) is 0 Å². The number of carboxylic acid groups (broad SMARTS) is 1. The van der Waals surface area contributed by atoms with Gasteiger partial charge in [-0.15, -0.1) is 0 Å². The molecule has 0 aromatic heterocycles. The molecule has 0 aliphatic heterocycles. The van der Waals surface area contributed by atoms with E-state index in [1.807, 2.05) is 13.8 Å². The molecule has 1 amide bonds. The van der Waals surface area contributed by atoms with Gasteiger partial charge in [0.2, 0.25) is 5.91 Å². The Hall–Kier alpha value is -1.84. The molecular formula is C14H19NO3. The molecule has 0 fully saturated rings. The lowest BCUT2D eigenvalue weighted by molar-refractivity contribution is -0.142. The zero-order chi connectivity index (χ0) is 13.7.